The van der Waals surface area contributed by atoms with E-state index in [1.54, 1.807) is 0 Å². The van der Waals surface area contributed by atoms with Crippen LogP contribution in [-0.2, 0) is 4.79 Å². The average Bonchev–Trinajstić information content (AvgIpc) is 2.52. The molecule has 4 nitrogen and oxygen atoms in total. The van der Waals surface area contributed by atoms with Crippen LogP contribution in [0.2, 0.25) is 0 Å². The van der Waals surface area contributed by atoms with Crippen molar-refractivity contribution in [1.29, 1.82) is 0 Å². The zero-order valence-electron chi connectivity index (χ0n) is 14.8. The number of carbonyl (C=O) groups excluding carboxylic acids is 1. The molecule has 0 fully saturated rings. The lowest BCUT2D eigenvalue weighted by atomic mass is 9.92. The largest absolute Gasteiger partial charge is 0.494 e. The molecule has 5 heteroatoms. The van der Waals surface area contributed by atoms with E-state index >= 15 is 0 Å². The van der Waals surface area contributed by atoms with Gasteiger partial charge >= 0.3 is 0 Å². The normalized spacial score (nSPS) is 10.8. The Balaban J connectivity index is 0.00000484. The monoisotopic (exact) mass is 342 g/mol. The van der Waals surface area contributed by atoms with E-state index in [4.69, 9.17) is 10.5 Å². The van der Waals surface area contributed by atoms with E-state index in [0.717, 1.165) is 18.6 Å². The van der Waals surface area contributed by atoms with Gasteiger partial charge in [0.15, 0.2) is 0 Å². The lowest BCUT2D eigenvalue weighted by molar-refractivity contribution is -0.123. The molecule has 0 atom stereocenters. The average molecular weight is 343 g/mol. The smallest absolute Gasteiger partial charge is 0.220 e. The van der Waals surface area contributed by atoms with E-state index in [0.29, 0.717) is 26.0 Å². The number of hydrogen-bond donors (Lipinski definition) is 2. The molecule has 23 heavy (non-hydrogen) atoms. The van der Waals surface area contributed by atoms with Gasteiger partial charge in [0.1, 0.15) is 5.75 Å². The summed E-state index contributed by atoms with van der Waals surface area (Å²) < 4.78 is 5.70. The second-order valence-corrected chi connectivity index (χ2v) is 5.94. The van der Waals surface area contributed by atoms with E-state index < -0.39 is 0 Å². The third-order valence-corrected chi connectivity index (χ3v) is 4.44. The molecule has 132 valence electrons. The van der Waals surface area contributed by atoms with Gasteiger partial charge in [0, 0.05) is 13.0 Å². The Bertz CT molecular complexity index is 480. The summed E-state index contributed by atoms with van der Waals surface area (Å²) >= 11 is 0. The van der Waals surface area contributed by atoms with Gasteiger partial charge in [-0.05, 0) is 56.4 Å². The van der Waals surface area contributed by atoms with Crippen LogP contribution in [-0.4, -0.2) is 24.6 Å². The molecule has 1 aromatic rings. The molecule has 0 unspecified atom stereocenters. The van der Waals surface area contributed by atoms with E-state index in [1.807, 2.05) is 12.1 Å². The third kappa shape index (κ3) is 6.80. The van der Waals surface area contributed by atoms with Crippen molar-refractivity contribution < 1.29 is 9.53 Å². The van der Waals surface area contributed by atoms with Gasteiger partial charge in [0.05, 0.1) is 12.1 Å². The highest BCUT2D eigenvalue weighted by molar-refractivity contribution is 5.85. The number of hydrogen-bond acceptors (Lipinski definition) is 3. The second-order valence-electron chi connectivity index (χ2n) is 5.94. The van der Waals surface area contributed by atoms with Gasteiger partial charge in [-0.3, -0.25) is 4.79 Å². The van der Waals surface area contributed by atoms with Crippen molar-refractivity contribution in [2.24, 2.45) is 5.73 Å². The SMILES string of the molecule is CCC(CC)(CN)NC(=O)CCCOc1ccc(C)c(C)c1.Cl. The van der Waals surface area contributed by atoms with Gasteiger partial charge in [0.25, 0.3) is 0 Å². The molecule has 1 rings (SSSR count). The summed E-state index contributed by atoms with van der Waals surface area (Å²) in [5, 5.41) is 3.08. The molecule has 0 saturated heterocycles. The number of carbonyl (C=O) groups is 1. The van der Waals surface area contributed by atoms with Crippen molar-refractivity contribution in [3.8, 4) is 5.75 Å². The molecule has 0 saturated carbocycles. The Morgan fingerprint density at radius 1 is 1.22 bits per heavy atom. The minimum Gasteiger partial charge on any atom is -0.494 e. The lowest BCUT2D eigenvalue weighted by Gasteiger charge is -2.31. The first-order chi connectivity index (χ1) is 10.5. The highest BCUT2D eigenvalue weighted by Gasteiger charge is 2.25. The highest BCUT2D eigenvalue weighted by Crippen LogP contribution is 2.17. The minimum absolute atomic E-state index is 0. The number of amides is 1. The van der Waals surface area contributed by atoms with Crippen molar-refractivity contribution in [2.45, 2.75) is 58.9 Å². The van der Waals surface area contributed by atoms with E-state index in [-0.39, 0.29) is 23.9 Å². The molecule has 0 bridgehead atoms. The zero-order valence-corrected chi connectivity index (χ0v) is 15.6. The van der Waals surface area contributed by atoms with Crippen LogP contribution >= 0.6 is 12.4 Å². The zero-order chi connectivity index (χ0) is 16.6. The highest BCUT2D eigenvalue weighted by atomic mass is 35.5. The molecule has 0 aliphatic carbocycles. The summed E-state index contributed by atoms with van der Waals surface area (Å²) in [6.45, 7) is 9.28. The molecular formula is C18H31ClN2O2. The summed E-state index contributed by atoms with van der Waals surface area (Å²) in [5.41, 5.74) is 8.01. The van der Waals surface area contributed by atoms with Crippen LogP contribution in [0.3, 0.4) is 0 Å². The van der Waals surface area contributed by atoms with Crippen LogP contribution in [0.25, 0.3) is 0 Å². The van der Waals surface area contributed by atoms with Gasteiger partial charge in [-0.2, -0.15) is 0 Å². The van der Waals surface area contributed by atoms with Crippen LogP contribution < -0.4 is 15.8 Å². The number of nitrogens with two attached hydrogens (primary N) is 1. The van der Waals surface area contributed by atoms with Gasteiger partial charge in [-0.15, -0.1) is 12.4 Å². The molecule has 0 aliphatic rings. The Morgan fingerprint density at radius 2 is 1.87 bits per heavy atom. The summed E-state index contributed by atoms with van der Waals surface area (Å²) in [5.74, 6) is 0.916. The van der Waals surface area contributed by atoms with Crippen molar-refractivity contribution in [3.63, 3.8) is 0 Å². The van der Waals surface area contributed by atoms with E-state index in [9.17, 15) is 4.79 Å². The van der Waals surface area contributed by atoms with Crippen molar-refractivity contribution in [2.75, 3.05) is 13.2 Å². The summed E-state index contributed by atoms with van der Waals surface area (Å²) in [4.78, 5) is 12.0. The molecule has 0 aliphatic heterocycles. The van der Waals surface area contributed by atoms with Gasteiger partial charge < -0.3 is 15.8 Å². The maximum absolute atomic E-state index is 12.0. The fourth-order valence-corrected chi connectivity index (χ4v) is 2.35. The molecule has 1 amide bonds. The number of halogens is 1. The standard InChI is InChI=1S/C18H30N2O2.ClH/c1-5-18(6-2,13-19)20-17(21)8-7-11-22-16-10-9-14(3)15(4)12-16;/h9-10,12H,5-8,11,13,19H2,1-4H3,(H,20,21);1H. The predicted molar refractivity (Wildman–Crippen MR) is 98.4 cm³/mol. The third-order valence-electron chi connectivity index (χ3n) is 4.44. The maximum atomic E-state index is 12.0. The van der Waals surface area contributed by atoms with Gasteiger partial charge in [-0.25, -0.2) is 0 Å². The van der Waals surface area contributed by atoms with Crippen LogP contribution in [0, 0.1) is 13.8 Å². The maximum Gasteiger partial charge on any atom is 0.220 e. The van der Waals surface area contributed by atoms with Crippen molar-refractivity contribution >= 4 is 18.3 Å². The van der Waals surface area contributed by atoms with E-state index in [2.05, 4.69) is 39.1 Å². The lowest BCUT2D eigenvalue weighted by Crippen LogP contribution is -2.52. The van der Waals surface area contributed by atoms with Gasteiger partial charge in [-0.1, -0.05) is 19.9 Å². The summed E-state index contributed by atoms with van der Waals surface area (Å²) in [6.07, 6.45) is 2.87. The quantitative estimate of drug-likeness (QED) is 0.675. The first-order valence-electron chi connectivity index (χ1n) is 8.17. The second kappa shape index (κ2) is 10.5. The predicted octanol–water partition coefficient (Wildman–Crippen LogP) is 3.52. The molecule has 3 N–H and O–H groups in total. The Labute approximate surface area is 146 Å². The molecule has 0 aromatic heterocycles. The Hall–Kier alpha value is -1.26. The molecule has 0 heterocycles. The number of benzene rings is 1. The number of aryl methyl sites for hydroxylation is 2. The Morgan fingerprint density at radius 3 is 2.39 bits per heavy atom. The topological polar surface area (TPSA) is 64.3 Å². The summed E-state index contributed by atoms with van der Waals surface area (Å²) in [7, 11) is 0. The molecular weight excluding hydrogens is 312 g/mol. The molecule has 0 spiro atoms. The van der Waals surface area contributed by atoms with Crippen molar-refractivity contribution in [3.05, 3.63) is 29.3 Å². The first-order valence-corrected chi connectivity index (χ1v) is 8.17. The van der Waals surface area contributed by atoms with Crippen molar-refractivity contribution in [1.82, 2.24) is 5.32 Å². The Kier molecular flexibility index (Phi) is 9.93. The fraction of sp³-hybridized carbons (Fsp3) is 0.611. The van der Waals surface area contributed by atoms with Crippen LogP contribution in [0.1, 0.15) is 50.7 Å². The fourth-order valence-electron chi connectivity index (χ4n) is 2.35. The van der Waals surface area contributed by atoms with Crippen LogP contribution in [0.15, 0.2) is 18.2 Å². The van der Waals surface area contributed by atoms with Crippen LogP contribution in [0.4, 0.5) is 0 Å². The number of rotatable bonds is 9. The molecule has 1 aromatic carbocycles. The summed E-state index contributed by atoms with van der Waals surface area (Å²) in [6, 6.07) is 6.05. The van der Waals surface area contributed by atoms with E-state index in [1.165, 1.54) is 11.1 Å². The number of nitrogens with one attached hydrogen (secondary N) is 1. The first kappa shape index (κ1) is 21.7. The number of ether oxygens (including phenoxy) is 1. The molecule has 0 radical (unpaired) electrons. The minimum atomic E-state index is -0.258. The van der Waals surface area contributed by atoms with Gasteiger partial charge in [0.2, 0.25) is 5.91 Å². The van der Waals surface area contributed by atoms with Crippen LogP contribution in [0.5, 0.6) is 5.75 Å².